The second kappa shape index (κ2) is 8.86. The van der Waals surface area contributed by atoms with Crippen molar-refractivity contribution < 1.29 is 9.18 Å². The Morgan fingerprint density at radius 1 is 1.13 bits per heavy atom. The van der Waals surface area contributed by atoms with E-state index < -0.39 is 0 Å². The van der Waals surface area contributed by atoms with Crippen LogP contribution in [0.1, 0.15) is 41.7 Å². The van der Waals surface area contributed by atoms with Crippen molar-refractivity contribution in [1.82, 2.24) is 20.3 Å². The lowest BCUT2D eigenvalue weighted by molar-refractivity contribution is 0.0951. The van der Waals surface area contributed by atoms with Gasteiger partial charge in [-0.15, -0.1) is 0 Å². The average molecular weight is 406 g/mol. The van der Waals surface area contributed by atoms with E-state index in [1.54, 1.807) is 42.9 Å². The van der Waals surface area contributed by atoms with E-state index in [4.69, 9.17) is 0 Å². The van der Waals surface area contributed by atoms with Crippen LogP contribution >= 0.6 is 0 Å². The Kier molecular flexibility index (Phi) is 5.83. The minimum atomic E-state index is -0.283. The fraction of sp³-hybridized carbons (Fsp3) is 0.273. The third-order valence-electron chi connectivity index (χ3n) is 4.89. The molecule has 1 aliphatic rings. The Morgan fingerprint density at radius 2 is 1.90 bits per heavy atom. The molecule has 1 atom stereocenters. The summed E-state index contributed by atoms with van der Waals surface area (Å²) in [5.74, 6) is 1.68. The summed E-state index contributed by atoms with van der Waals surface area (Å²) in [5, 5.41) is 9.35. The number of nitrogens with one attached hydrogen (secondary N) is 3. The minimum absolute atomic E-state index is 0.132. The van der Waals surface area contributed by atoms with Crippen LogP contribution in [-0.2, 0) is 0 Å². The normalized spacial score (nSPS) is 14.1. The average Bonchev–Trinajstić information content (AvgIpc) is 3.57. The van der Waals surface area contributed by atoms with E-state index in [0.717, 1.165) is 18.4 Å². The van der Waals surface area contributed by atoms with Crippen LogP contribution in [0, 0.1) is 11.7 Å². The van der Waals surface area contributed by atoms with Gasteiger partial charge in [0, 0.05) is 30.5 Å². The molecule has 1 amide bonds. The van der Waals surface area contributed by atoms with Gasteiger partial charge in [0.2, 0.25) is 0 Å². The van der Waals surface area contributed by atoms with Gasteiger partial charge in [-0.1, -0.05) is 12.1 Å². The molecule has 2 aromatic heterocycles. The fourth-order valence-electron chi connectivity index (χ4n) is 3.01. The van der Waals surface area contributed by atoms with E-state index >= 15 is 0 Å². The van der Waals surface area contributed by atoms with E-state index in [1.807, 2.05) is 6.92 Å². The Hall–Kier alpha value is -3.55. The topological polar surface area (TPSA) is 91.8 Å². The highest BCUT2D eigenvalue weighted by Gasteiger charge is 2.22. The van der Waals surface area contributed by atoms with E-state index in [1.165, 1.54) is 12.1 Å². The molecule has 0 radical (unpaired) electrons. The first-order chi connectivity index (χ1) is 14.6. The van der Waals surface area contributed by atoms with Crippen LogP contribution in [0.15, 0.2) is 55.0 Å². The van der Waals surface area contributed by atoms with Crippen molar-refractivity contribution in [3.63, 3.8) is 0 Å². The maximum absolute atomic E-state index is 13.2. The molecule has 8 heteroatoms. The smallest absolute Gasteiger partial charge is 0.251 e. The number of amides is 1. The zero-order chi connectivity index (χ0) is 20.9. The van der Waals surface area contributed by atoms with Crippen molar-refractivity contribution in [2.24, 2.45) is 5.92 Å². The fourth-order valence-corrected chi connectivity index (χ4v) is 3.01. The van der Waals surface area contributed by atoms with Gasteiger partial charge in [0.05, 0.1) is 6.20 Å². The Morgan fingerprint density at radius 3 is 2.60 bits per heavy atom. The number of nitrogens with zero attached hydrogens (tertiary/aromatic N) is 3. The maximum atomic E-state index is 13.2. The van der Waals surface area contributed by atoms with Crippen LogP contribution in [0.3, 0.4) is 0 Å². The number of anilines is 3. The summed E-state index contributed by atoms with van der Waals surface area (Å²) in [6.45, 7) is 2.63. The van der Waals surface area contributed by atoms with Crippen LogP contribution in [0.4, 0.5) is 21.8 Å². The number of carbonyl (C=O) groups excluding carboxylic acids is 1. The van der Waals surface area contributed by atoms with Crippen molar-refractivity contribution in [1.29, 1.82) is 0 Å². The Balaban J connectivity index is 1.56. The molecule has 4 rings (SSSR count). The molecule has 1 fully saturated rings. The van der Waals surface area contributed by atoms with Gasteiger partial charge in [0.25, 0.3) is 5.91 Å². The molecule has 7 nitrogen and oxygen atoms in total. The van der Waals surface area contributed by atoms with Crippen molar-refractivity contribution in [2.75, 3.05) is 17.2 Å². The van der Waals surface area contributed by atoms with Gasteiger partial charge >= 0.3 is 0 Å². The van der Waals surface area contributed by atoms with Crippen LogP contribution in [0.25, 0.3) is 0 Å². The number of hydrogen-bond acceptors (Lipinski definition) is 6. The lowest BCUT2D eigenvalue weighted by Crippen LogP contribution is -2.26. The molecule has 0 bridgehead atoms. The molecular weight excluding hydrogens is 383 g/mol. The van der Waals surface area contributed by atoms with Crippen molar-refractivity contribution in [3.8, 4) is 0 Å². The number of rotatable bonds is 8. The first-order valence-electron chi connectivity index (χ1n) is 9.92. The molecule has 30 heavy (non-hydrogen) atoms. The summed E-state index contributed by atoms with van der Waals surface area (Å²) in [6, 6.07) is 9.55. The van der Waals surface area contributed by atoms with E-state index in [0.29, 0.717) is 35.5 Å². The van der Waals surface area contributed by atoms with Crippen LogP contribution in [-0.4, -0.2) is 27.4 Å². The Labute approximate surface area is 174 Å². The number of carbonyl (C=O) groups is 1. The van der Waals surface area contributed by atoms with Gasteiger partial charge < -0.3 is 16.0 Å². The maximum Gasteiger partial charge on any atom is 0.251 e. The van der Waals surface area contributed by atoms with Crippen LogP contribution in [0.2, 0.25) is 0 Å². The van der Waals surface area contributed by atoms with Gasteiger partial charge in [-0.2, -0.15) is 0 Å². The third-order valence-corrected chi connectivity index (χ3v) is 4.89. The molecule has 3 aromatic rings. The molecule has 0 spiro atoms. The van der Waals surface area contributed by atoms with E-state index in [9.17, 15) is 9.18 Å². The summed E-state index contributed by atoms with van der Waals surface area (Å²) < 4.78 is 13.2. The lowest BCUT2D eigenvalue weighted by Gasteiger charge is -2.17. The lowest BCUT2D eigenvalue weighted by atomic mass is 10.1. The highest BCUT2D eigenvalue weighted by atomic mass is 19.1. The summed E-state index contributed by atoms with van der Waals surface area (Å²) in [6.07, 6.45) is 7.06. The second-order valence-corrected chi connectivity index (χ2v) is 7.41. The van der Waals surface area contributed by atoms with Crippen molar-refractivity contribution >= 4 is 23.4 Å². The first kappa shape index (κ1) is 19.8. The highest BCUT2D eigenvalue weighted by molar-refractivity contribution is 5.95. The van der Waals surface area contributed by atoms with Crippen LogP contribution in [0.5, 0.6) is 0 Å². The number of benzene rings is 1. The molecule has 0 aliphatic heterocycles. The summed E-state index contributed by atoms with van der Waals surface area (Å²) in [5.41, 5.74) is 1.40. The molecule has 154 valence electrons. The zero-order valence-electron chi connectivity index (χ0n) is 16.6. The number of pyridine rings is 1. The second-order valence-electron chi connectivity index (χ2n) is 7.41. The quantitative estimate of drug-likeness (QED) is 0.522. The van der Waals surface area contributed by atoms with Gasteiger partial charge in [-0.05, 0) is 55.5 Å². The van der Waals surface area contributed by atoms with Crippen molar-refractivity contribution in [2.45, 2.75) is 25.8 Å². The molecule has 0 unspecified atom stereocenters. The number of aromatic nitrogens is 3. The SMILES string of the molecule is C[C@H](Nc1cc(C(=O)NCC2CC2)cc(Nc2cnccn2)n1)c1ccc(F)cc1. The van der Waals surface area contributed by atoms with Gasteiger partial charge in [0.15, 0.2) is 0 Å². The molecule has 1 aromatic carbocycles. The van der Waals surface area contributed by atoms with E-state index in [2.05, 4.69) is 30.9 Å². The van der Waals surface area contributed by atoms with Crippen molar-refractivity contribution in [3.05, 3.63) is 71.9 Å². The summed E-state index contributed by atoms with van der Waals surface area (Å²) in [4.78, 5) is 25.4. The molecule has 1 aliphatic carbocycles. The Bertz CT molecular complexity index is 1010. The monoisotopic (exact) mass is 406 g/mol. The van der Waals surface area contributed by atoms with Crippen LogP contribution < -0.4 is 16.0 Å². The number of halogens is 1. The molecule has 0 saturated heterocycles. The molecule has 3 N–H and O–H groups in total. The summed E-state index contributed by atoms with van der Waals surface area (Å²) >= 11 is 0. The standard InChI is InChI=1S/C22H23FN6O/c1-14(16-4-6-18(23)7-5-16)27-19-10-17(22(30)26-12-15-2-3-15)11-20(28-19)29-21-13-24-8-9-25-21/h4-11,13-15H,2-3,12H2,1H3,(H,26,30)(H2,25,27,28,29)/t14-/m0/s1. The summed E-state index contributed by atoms with van der Waals surface area (Å²) in [7, 11) is 0. The molecular formula is C22H23FN6O. The number of hydrogen-bond donors (Lipinski definition) is 3. The minimum Gasteiger partial charge on any atom is -0.363 e. The zero-order valence-corrected chi connectivity index (χ0v) is 16.6. The highest BCUT2D eigenvalue weighted by Crippen LogP contribution is 2.28. The van der Waals surface area contributed by atoms with Gasteiger partial charge in [0.1, 0.15) is 23.3 Å². The predicted molar refractivity (Wildman–Crippen MR) is 113 cm³/mol. The predicted octanol–water partition coefficient (Wildman–Crippen LogP) is 4.07. The molecule has 1 saturated carbocycles. The van der Waals surface area contributed by atoms with Gasteiger partial charge in [-0.25, -0.2) is 14.4 Å². The van der Waals surface area contributed by atoms with E-state index in [-0.39, 0.29) is 17.8 Å². The molecule has 2 heterocycles. The first-order valence-corrected chi connectivity index (χ1v) is 9.92. The largest absolute Gasteiger partial charge is 0.363 e. The third kappa shape index (κ3) is 5.28. The van der Waals surface area contributed by atoms with Gasteiger partial charge in [-0.3, -0.25) is 9.78 Å².